The van der Waals surface area contributed by atoms with E-state index in [0.717, 1.165) is 0 Å². The van der Waals surface area contributed by atoms with Gasteiger partial charge in [-0.25, -0.2) is 9.59 Å². The van der Waals surface area contributed by atoms with E-state index in [1.807, 2.05) is 0 Å². The molecule has 0 bridgehead atoms. The molecule has 2 amide bonds. The number of nitrogens with one attached hydrogen (secondary N) is 2. The number of carbonyl (C=O) groups excluding carboxylic acids is 2. The molecular formula is C31H56N2O13. The molecule has 3 aliphatic rings. The third-order valence-corrected chi connectivity index (χ3v) is 8.84. The lowest BCUT2D eigenvalue weighted by molar-refractivity contribution is -0.314. The Hall–Kier alpha value is -1.82. The summed E-state index contributed by atoms with van der Waals surface area (Å²) < 4.78 is 29.0. The molecule has 15 heteroatoms. The number of hydrogen-bond donors (Lipinski definition) is 8. The number of hydrogen-bond acceptors (Lipinski definition) is 13. The van der Waals surface area contributed by atoms with Crippen LogP contribution in [-0.4, -0.2) is 134 Å². The molecule has 15 unspecified atom stereocenters. The summed E-state index contributed by atoms with van der Waals surface area (Å²) in [4.78, 5) is 25.5. The van der Waals surface area contributed by atoms with Crippen LogP contribution in [0.3, 0.4) is 0 Å². The Morgan fingerprint density at radius 3 is 1.87 bits per heavy atom. The zero-order chi connectivity index (χ0) is 34.9. The molecule has 0 spiro atoms. The Morgan fingerprint density at radius 2 is 1.35 bits per heavy atom. The van der Waals surface area contributed by atoms with Crippen LogP contribution >= 0.6 is 0 Å². The number of alkyl carbamates (subject to hydrolysis) is 2. The van der Waals surface area contributed by atoms with Gasteiger partial charge in [0.25, 0.3) is 0 Å². The maximum Gasteiger partial charge on any atom is 0.408 e. The Bertz CT molecular complexity index is 1020. The third kappa shape index (κ3) is 9.20. The summed E-state index contributed by atoms with van der Waals surface area (Å²) in [5.41, 5.74) is -1.66. The van der Waals surface area contributed by atoms with Gasteiger partial charge in [-0.2, -0.15) is 0 Å². The molecule has 1 aliphatic carbocycles. The fourth-order valence-corrected chi connectivity index (χ4v) is 6.62. The van der Waals surface area contributed by atoms with Crippen LogP contribution in [-0.2, 0) is 23.7 Å². The molecule has 0 radical (unpaired) electrons. The molecule has 0 aromatic carbocycles. The maximum absolute atomic E-state index is 12.9. The van der Waals surface area contributed by atoms with Crippen molar-refractivity contribution in [1.29, 1.82) is 0 Å². The predicted molar refractivity (Wildman–Crippen MR) is 162 cm³/mol. The van der Waals surface area contributed by atoms with Crippen LogP contribution in [0, 0.1) is 17.8 Å². The Kier molecular flexibility index (Phi) is 12.7. The lowest BCUT2D eigenvalue weighted by Crippen LogP contribution is -2.68. The van der Waals surface area contributed by atoms with E-state index < -0.39 is 121 Å². The molecule has 2 aliphatic heterocycles. The van der Waals surface area contributed by atoms with Gasteiger partial charge in [0.1, 0.15) is 35.6 Å². The summed E-state index contributed by atoms with van der Waals surface area (Å²) >= 11 is 0. The van der Waals surface area contributed by atoms with Crippen molar-refractivity contribution >= 4 is 12.2 Å². The summed E-state index contributed by atoms with van der Waals surface area (Å²) in [5, 5.41) is 70.7. The van der Waals surface area contributed by atoms with Gasteiger partial charge < -0.3 is 65.0 Å². The highest BCUT2D eigenvalue weighted by Crippen LogP contribution is 2.42. The first kappa shape index (κ1) is 38.6. The zero-order valence-electron chi connectivity index (χ0n) is 28.3. The van der Waals surface area contributed by atoms with Gasteiger partial charge >= 0.3 is 12.2 Å². The van der Waals surface area contributed by atoms with E-state index in [1.54, 1.807) is 62.3 Å². The van der Waals surface area contributed by atoms with Crippen molar-refractivity contribution in [3.63, 3.8) is 0 Å². The minimum absolute atomic E-state index is 0.252. The molecular weight excluding hydrogens is 608 g/mol. The van der Waals surface area contributed by atoms with Crippen molar-refractivity contribution in [2.45, 2.75) is 160 Å². The molecule has 2 saturated heterocycles. The van der Waals surface area contributed by atoms with Gasteiger partial charge in [-0.15, -0.1) is 0 Å². The number of amides is 2. The maximum atomic E-state index is 12.9. The summed E-state index contributed by atoms with van der Waals surface area (Å²) in [6.45, 7) is 14.7. The molecule has 0 aromatic heterocycles. The van der Waals surface area contributed by atoms with Crippen LogP contribution in [0.25, 0.3) is 0 Å². The molecule has 8 N–H and O–H groups in total. The lowest BCUT2D eigenvalue weighted by atomic mass is 9.68. The van der Waals surface area contributed by atoms with Gasteiger partial charge in [0.05, 0.1) is 43.2 Å². The van der Waals surface area contributed by atoms with Crippen molar-refractivity contribution in [2.75, 3.05) is 6.61 Å². The molecule has 3 fully saturated rings. The third-order valence-electron chi connectivity index (χ3n) is 8.84. The number of aliphatic hydroxyl groups excluding tert-OH is 6. The second kappa shape index (κ2) is 15.2. The van der Waals surface area contributed by atoms with Gasteiger partial charge in [-0.1, -0.05) is 20.8 Å². The van der Waals surface area contributed by atoms with E-state index in [2.05, 4.69) is 10.6 Å². The Morgan fingerprint density at radius 1 is 0.783 bits per heavy atom. The largest absolute Gasteiger partial charge is 0.444 e. The fraction of sp³-hybridized carbons (Fsp3) is 0.935. The van der Waals surface area contributed by atoms with Gasteiger partial charge in [-0.3, -0.25) is 0 Å². The SMILES string of the molecule is CCC1OC(C2C(NC(=O)OC(C)(C)C)CC(C)C(OC3OC(CO)C(O)C(NC(=O)OC(C)(C)C)C3O)C2O)C(C)C(O)C1O. The quantitative estimate of drug-likeness (QED) is 0.182. The monoisotopic (exact) mass is 664 g/mol. The number of ether oxygens (including phenoxy) is 5. The van der Waals surface area contributed by atoms with E-state index in [4.69, 9.17) is 23.7 Å². The second-order valence-electron chi connectivity index (χ2n) is 14.9. The molecule has 3 rings (SSSR count). The first-order valence-corrected chi connectivity index (χ1v) is 16.2. The summed E-state index contributed by atoms with van der Waals surface area (Å²) in [6.07, 6.45) is -13.3. The van der Waals surface area contributed by atoms with Crippen LogP contribution in [0.5, 0.6) is 0 Å². The van der Waals surface area contributed by atoms with Crippen LogP contribution in [0.2, 0.25) is 0 Å². The van der Waals surface area contributed by atoms with Crippen molar-refractivity contribution in [1.82, 2.24) is 10.6 Å². The second-order valence-corrected chi connectivity index (χ2v) is 14.9. The van der Waals surface area contributed by atoms with Crippen molar-refractivity contribution in [3.05, 3.63) is 0 Å². The lowest BCUT2D eigenvalue weighted by Gasteiger charge is -2.52. The van der Waals surface area contributed by atoms with Crippen molar-refractivity contribution < 1.29 is 63.9 Å². The van der Waals surface area contributed by atoms with Crippen molar-refractivity contribution in [2.24, 2.45) is 17.8 Å². The standard InChI is InChI=1S/C31H56N2O13/c1-10-16-22(37)20(35)14(3)26(42-16)18-15(32-28(40)45-30(4,5)6)11-13(2)25(23(18)38)44-27-24(39)19(21(36)17(12-34)43-27)33-29(41)46-31(7,8)9/h13-27,34-39H,10-12H2,1-9H3,(H,32,40)(H,33,41). The fourth-order valence-electron chi connectivity index (χ4n) is 6.62. The van der Waals surface area contributed by atoms with Gasteiger partial charge in [0, 0.05) is 17.9 Å². The Labute approximate surface area is 270 Å². The smallest absolute Gasteiger partial charge is 0.408 e. The van der Waals surface area contributed by atoms with Crippen LogP contribution in [0.4, 0.5) is 9.59 Å². The molecule has 15 nitrogen and oxygen atoms in total. The van der Waals surface area contributed by atoms with E-state index >= 15 is 0 Å². The molecule has 268 valence electrons. The van der Waals surface area contributed by atoms with Gasteiger partial charge in [0.2, 0.25) is 0 Å². The minimum Gasteiger partial charge on any atom is -0.444 e. The van der Waals surface area contributed by atoms with E-state index in [0.29, 0.717) is 6.42 Å². The highest BCUT2D eigenvalue weighted by molar-refractivity contribution is 5.68. The summed E-state index contributed by atoms with van der Waals surface area (Å²) in [6, 6.07) is -2.07. The predicted octanol–water partition coefficient (Wildman–Crippen LogP) is 0.149. The topological polar surface area (TPSA) is 226 Å². The normalized spacial score (nSPS) is 42.2. The summed E-state index contributed by atoms with van der Waals surface area (Å²) in [7, 11) is 0. The Balaban J connectivity index is 1.91. The molecule has 46 heavy (non-hydrogen) atoms. The van der Waals surface area contributed by atoms with Gasteiger partial charge in [0.15, 0.2) is 6.29 Å². The molecule has 15 atom stereocenters. The van der Waals surface area contributed by atoms with Crippen LogP contribution < -0.4 is 10.6 Å². The summed E-state index contributed by atoms with van der Waals surface area (Å²) in [5.74, 6) is -2.01. The molecule has 0 aromatic rings. The molecule has 1 saturated carbocycles. The number of rotatable bonds is 7. The van der Waals surface area contributed by atoms with Crippen molar-refractivity contribution in [3.8, 4) is 0 Å². The average Bonchev–Trinajstić information content (AvgIpc) is 2.92. The van der Waals surface area contributed by atoms with Gasteiger partial charge in [-0.05, 0) is 60.3 Å². The highest BCUT2D eigenvalue weighted by atomic mass is 16.7. The van der Waals surface area contributed by atoms with E-state index in [1.165, 1.54) is 0 Å². The highest BCUT2D eigenvalue weighted by Gasteiger charge is 2.55. The van der Waals surface area contributed by atoms with Crippen LogP contribution in [0.15, 0.2) is 0 Å². The number of carbonyl (C=O) groups is 2. The average molecular weight is 665 g/mol. The minimum atomic E-state index is -1.65. The first-order chi connectivity index (χ1) is 21.2. The zero-order valence-corrected chi connectivity index (χ0v) is 28.3. The number of aliphatic hydroxyl groups is 6. The first-order valence-electron chi connectivity index (χ1n) is 16.2. The van der Waals surface area contributed by atoms with E-state index in [-0.39, 0.29) is 6.42 Å². The molecule has 2 heterocycles. The van der Waals surface area contributed by atoms with Crippen LogP contribution in [0.1, 0.15) is 75.2 Å². The van der Waals surface area contributed by atoms with E-state index in [9.17, 15) is 40.2 Å².